The van der Waals surface area contributed by atoms with E-state index in [1.54, 1.807) is 36.6 Å². The average Bonchev–Trinajstić information content (AvgIpc) is 2.97. The van der Waals surface area contributed by atoms with Crippen molar-refractivity contribution in [2.45, 2.75) is 19.9 Å². The van der Waals surface area contributed by atoms with Crippen molar-refractivity contribution in [3.05, 3.63) is 46.2 Å². The van der Waals surface area contributed by atoms with Gasteiger partial charge in [-0.25, -0.2) is 0 Å². The Kier molecular flexibility index (Phi) is 4.85. The quantitative estimate of drug-likeness (QED) is 0.831. The van der Waals surface area contributed by atoms with Crippen molar-refractivity contribution in [2.24, 2.45) is 5.92 Å². The third-order valence-corrected chi connectivity index (χ3v) is 4.26. The molecule has 1 aromatic heterocycles. The number of nitrogens with one attached hydrogen (secondary N) is 1. The van der Waals surface area contributed by atoms with Crippen LogP contribution in [0.15, 0.2) is 35.7 Å². The number of rotatable bonds is 5. The standard InChI is InChI=1S/C16H20N2O2S/c1-10(2)15(14-5-4-8-21-14)18-16(19)12-7-6-11(20-3)9-13(12)17/h4-10,15H,17H2,1-3H3,(H,18,19). The number of nitrogen functional groups attached to an aromatic ring is 1. The lowest BCUT2D eigenvalue weighted by Gasteiger charge is -2.21. The van der Waals surface area contributed by atoms with Gasteiger partial charge in [-0.15, -0.1) is 11.3 Å². The first-order valence-electron chi connectivity index (χ1n) is 6.80. The van der Waals surface area contributed by atoms with Crippen LogP contribution in [0, 0.1) is 5.92 Å². The molecule has 0 aliphatic rings. The van der Waals surface area contributed by atoms with Crippen LogP contribution < -0.4 is 15.8 Å². The fourth-order valence-corrected chi connectivity index (χ4v) is 3.08. The van der Waals surface area contributed by atoms with Crippen molar-refractivity contribution in [1.82, 2.24) is 5.32 Å². The Morgan fingerprint density at radius 3 is 2.62 bits per heavy atom. The summed E-state index contributed by atoms with van der Waals surface area (Å²) in [7, 11) is 1.57. The van der Waals surface area contributed by atoms with Gasteiger partial charge in [-0.1, -0.05) is 19.9 Å². The Bertz CT molecular complexity index is 609. The van der Waals surface area contributed by atoms with E-state index >= 15 is 0 Å². The lowest BCUT2D eigenvalue weighted by Crippen LogP contribution is -2.31. The molecule has 3 N–H and O–H groups in total. The highest BCUT2D eigenvalue weighted by molar-refractivity contribution is 7.10. The molecule has 0 saturated heterocycles. The molecule has 0 saturated carbocycles. The van der Waals surface area contributed by atoms with Crippen LogP contribution in [-0.2, 0) is 0 Å². The third-order valence-electron chi connectivity index (χ3n) is 3.31. The van der Waals surface area contributed by atoms with Crippen LogP contribution >= 0.6 is 11.3 Å². The Morgan fingerprint density at radius 2 is 2.10 bits per heavy atom. The van der Waals surface area contributed by atoms with Crippen LogP contribution in [0.3, 0.4) is 0 Å². The molecule has 0 spiro atoms. The Balaban J connectivity index is 2.20. The second-order valence-corrected chi connectivity index (χ2v) is 6.14. The van der Waals surface area contributed by atoms with Gasteiger partial charge in [0, 0.05) is 16.6 Å². The number of anilines is 1. The van der Waals surface area contributed by atoms with Crippen LogP contribution in [0.4, 0.5) is 5.69 Å². The molecule has 0 aliphatic heterocycles. The second-order valence-electron chi connectivity index (χ2n) is 5.16. The summed E-state index contributed by atoms with van der Waals surface area (Å²) >= 11 is 1.64. The molecule has 0 aliphatic carbocycles. The predicted molar refractivity (Wildman–Crippen MR) is 86.8 cm³/mol. The summed E-state index contributed by atoms with van der Waals surface area (Å²) in [5, 5.41) is 5.08. The first-order chi connectivity index (χ1) is 10.0. The molecule has 5 heteroatoms. The molecular weight excluding hydrogens is 284 g/mol. The smallest absolute Gasteiger partial charge is 0.253 e. The van der Waals surface area contributed by atoms with E-state index in [4.69, 9.17) is 10.5 Å². The molecule has 2 rings (SSSR count). The van der Waals surface area contributed by atoms with E-state index in [1.165, 1.54) is 0 Å². The van der Waals surface area contributed by atoms with Crippen molar-refractivity contribution in [2.75, 3.05) is 12.8 Å². The molecule has 1 atom stereocenters. The largest absolute Gasteiger partial charge is 0.497 e. The van der Waals surface area contributed by atoms with Gasteiger partial charge in [0.25, 0.3) is 5.91 Å². The topological polar surface area (TPSA) is 64.3 Å². The van der Waals surface area contributed by atoms with E-state index in [9.17, 15) is 4.79 Å². The third kappa shape index (κ3) is 3.55. The maximum atomic E-state index is 12.4. The molecule has 1 heterocycles. The highest BCUT2D eigenvalue weighted by Gasteiger charge is 2.21. The number of ether oxygens (including phenoxy) is 1. The van der Waals surface area contributed by atoms with Crippen molar-refractivity contribution < 1.29 is 9.53 Å². The van der Waals surface area contributed by atoms with E-state index in [2.05, 4.69) is 19.2 Å². The summed E-state index contributed by atoms with van der Waals surface area (Å²) in [5.74, 6) is 0.775. The van der Waals surface area contributed by atoms with Gasteiger partial charge in [0.2, 0.25) is 0 Å². The van der Waals surface area contributed by atoms with Crippen LogP contribution in [0.1, 0.15) is 35.1 Å². The normalized spacial score (nSPS) is 12.2. The van der Waals surface area contributed by atoms with Crippen LogP contribution in [0.2, 0.25) is 0 Å². The molecule has 1 amide bonds. The van der Waals surface area contributed by atoms with Gasteiger partial charge in [-0.3, -0.25) is 4.79 Å². The summed E-state index contributed by atoms with van der Waals surface area (Å²) in [4.78, 5) is 13.6. The second kappa shape index (κ2) is 6.63. The first kappa shape index (κ1) is 15.4. The lowest BCUT2D eigenvalue weighted by molar-refractivity contribution is 0.0927. The molecule has 0 fully saturated rings. The van der Waals surface area contributed by atoms with Gasteiger partial charge >= 0.3 is 0 Å². The number of carbonyl (C=O) groups is 1. The molecule has 1 unspecified atom stereocenters. The SMILES string of the molecule is COc1ccc(C(=O)NC(c2cccs2)C(C)C)c(N)c1. The average molecular weight is 304 g/mol. The number of methoxy groups -OCH3 is 1. The summed E-state index contributed by atoms with van der Waals surface area (Å²) < 4.78 is 5.10. The number of hydrogen-bond donors (Lipinski definition) is 2. The van der Waals surface area contributed by atoms with Crippen LogP contribution in [0.25, 0.3) is 0 Å². The lowest BCUT2D eigenvalue weighted by atomic mass is 10.0. The first-order valence-corrected chi connectivity index (χ1v) is 7.68. The molecule has 2 aromatic rings. The summed E-state index contributed by atoms with van der Waals surface area (Å²) in [5.41, 5.74) is 6.82. The van der Waals surface area contributed by atoms with E-state index in [0.717, 1.165) is 4.88 Å². The summed E-state index contributed by atoms with van der Waals surface area (Å²) in [6, 6.07) is 9.09. The summed E-state index contributed by atoms with van der Waals surface area (Å²) in [6.45, 7) is 4.17. The van der Waals surface area contributed by atoms with Crippen molar-refractivity contribution in [3.63, 3.8) is 0 Å². The Morgan fingerprint density at radius 1 is 1.33 bits per heavy atom. The molecule has 1 aromatic carbocycles. The molecule has 4 nitrogen and oxygen atoms in total. The van der Waals surface area contributed by atoms with E-state index in [1.807, 2.05) is 17.5 Å². The highest BCUT2D eigenvalue weighted by Crippen LogP contribution is 2.27. The molecule has 112 valence electrons. The monoisotopic (exact) mass is 304 g/mol. The minimum atomic E-state index is -0.165. The van der Waals surface area contributed by atoms with Gasteiger partial charge < -0.3 is 15.8 Å². The van der Waals surface area contributed by atoms with E-state index in [0.29, 0.717) is 22.9 Å². The molecule has 0 radical (unpaired) electrons. The Hall–Kier alpha value is -2.01. The van der Waals surface area contributed by atoms with Crippen LogP contribution in [0.5, 0.6) is 5.75 Å². The van der Waals surface area contributed by atoms with Gasteiger partial charge in [-0.2, -0.15) is 0 Å². The van der Waals surface area contributed by atoms with Gasteiger partial charge in [0.1, 0.15) is 5.75 Å². The minimum Gasteiger partial charge on any atom is -0.497 e. The molecule has 0 bridgehead atoms. The molecule has 21 heavy (non-hydrogen) atoms. The number of nitrogens with two attached hydrogens (primary N) is 1. The predicted octanol–water partition coefficient (Wildman–Crippen LogP) is 3.47. The fraction of sp³-hybridized carbons (Fsp3) is 0.312. The zero-order valence-corrected chi connectivity index (χ0v) is 13.2. The zero-order valence-electron chi connectivity index (χ0n) is 12.4. The number of amides is 1. The number of hydrogen-bond acceptors (Lipinski definition) is 4. The van der Waals surface area contributed by atoms with Gasteiger partial charge in [-0.05, 0) is 29.5 Å². The minimum absolute atomic E-state index is 0.0148. The van der Waals surface area contributed by atoms with E-state index in [-0.39, 0.29) is 11.9 Å². The van der Waals surface area contributed by atoms with E-state index < -0.39 is 0 Å². The number of carbonyl (C=O) groups excluding carboxylic acids is 1. The Labute approximate surface area is 128 Å². The number of thiophene rings is 1. The number of benzene rings is 1. The van der Waals surface area contributed by atoms with Crippen molar-refractivity contribution in [3.8, 4) is 5.75 Å². The van der Waals surface area contributed by atoms with Crippen LogP contribution in [-0.4, -0.2) is 13.0 Å². The van der Waals surface area contributed by atoms with Gasteiger partial charge in [0.05, 0.1) is 18.7 Å². The maximum absolute atomic E-state index is 12.4. The fourth-order valence-electron chi connectivity index (χ4n) is 2.13. The van der Waals surface area contributed by atoms with Gasteiger partial charge in [0.15, 0.2) is 0 Å². The maximum Gasteiger partial charge on any atom is 0.253 e. The highest BCUT2D eigenvalue weighted by atomic mass is 32.1. The zero-order chi connectivity index (χ0) is 15.4. The molecular formula is C16H20N2O2S. The van der Waals surface area contributed by atoms with Crippen molar-refractivity contribution >= 4 is 22.9 Å². The van der Waals surface area contributed by atoms with Crippen molar-refractivity contribution in [1.29, 1.82) is 0 Å². The summed E-state index contributed by atoms with van der Waals surface area (Å²) in [6.07, 6.45) is 0.